The van der Waals surface area contributed by atoms with Gasteiger partial charge in [0, 0.05) is 17.8 Å². The number of aromatic nitrogens is 7. The van der Waals surface area contributed by atoms with Crippen LogP contribution in [0.25, 0.3) is 39.2 Å². The third-order valence-electron chi connectivity index (χ3n) is 7.21. The molecule has 238 valence electrons. The number of carbonyl (C=O) groups is 2. The van der Waals surface area contributed by atoms with Gasteiger partial charge in [-0.3, -0.25) is 9.78 Å². The Hall–Kier alpha value is -6.35. The third kappa shape index (κ3) is 6.02. The van der Waals surface area contributed by atoms with Crippen LogP contribution >= 0.6 is 0 Å². The maximum absolute atomic E-state index is 13.9. The Bertz CT molecular complexity index is 2310. The Balaban J connectivity index is 1.40. The molecule has 3 heterocycles. The molecule has 47 heavy (non-hydrogen) atoms. The summed E-state index contributed by atoms with van der Waals surface area (Å²) in [6.07, 6.45) is 0. The molecule has 0 saturated heterocycles. The van der Waals surface area contributed by atoms with Gasteiger partial charge in [0.2, 0.25) is 0 Å². The quantitative estimate of drug-likeness (QED) is 0.182. The van der Waals surface area contributed by atoms with E-state index in [9.17, 15) is 24.0 Å². The predicted octanol–water partition coefficient (Wildman–Crippen LogP) is 2.94. The number of ether oxygens (including phenoxy) is 1. The summed E-state index contributed by atoms with van der Waals surface area (Å²) in [6, 6.07) is 20.4. The van der Waals surface area contributed by atoms with Crippen LogP contribution in [0.1, 0.15) is 23.0 Å². The summed E-state index contributed by atoms with van der Waals surface area (Å²) in [5.74, 6) is -0.662. The van der Waals surface area contributed by atoms with E-state index in [0.29, 0.717) is 15.8 Å². The third-order valence-corrected chi connectivity index (χ3v) is 7.21. The van der Waals surface area contributed by atoms with E-state index in [1.54, 1.807) is 43.3 Å². The highest BCUT2D eigenvalue weighted by molar-refractivity contribution is 6.01. The highest BCUT2D eigenvalue weighted by atomic mass is 16.5. The number of anilines is 1. The molecule has 1 amide bonds. The van der Waals surface area contributed by atoms with E-state index >= 15 is 0 Å². The molecule has 0 radical (unpaired) electrons. The van der Waals surface area contributed by atoms with Crippen LogP contribution in [-0.4, -0.2) is 72.1 Å². The number of aromatic amines is 3. The van der Waals surface area contributed by atoms with Gasteiger partial charge < -0.3 is 19.9 Å². The second-order valence-electron chi connectivity index (χ2n) is 10.8. The summed E-state index contributed by atoms with van der Waals surface area (Å²) < 4.78 is 6.62. The Labute approximate surface area is 265 Å². The zero-order valence-electron chi connectivity index (χ0n) is 25.5. The average molecular weight is 636 g/mol. The van der Waals surface area contributed by atoms with Crippen molar-refractivity contribution in [1.29, 1.82) is 0 Å². The lowest BCUT2D eigenvalue weighted by atomic mass is 9.99. The number of benzene rings is 3. The van der Waals surface area contributed by atoms with Gasteiger partial charge in [0.1, 0.15) is 5.52 Å². The minimum atomic E-state index is -1.08. The van der Waals surface area contributed by atoms with Crippen molar-refractivity contribution < 1.29 is 14.3 Å². The molecule has 6 aromatic rings. The van der Waals surface area contributed by atoms with Crippen LogP contribution in [0.4, 0.5) is 10.5 Å². The fraction of sp³-hybridized carbons (Fsp3) is 0.156. The number of hydrogen-bond acceptors (Lipinski definition) is 9. The summed E-state index contributed by atoms with van der Waals surface area (Å²) in [5, 5.41) is 13.1. The van der Waals surface area contributed by atoms with Crippen molar-refractivity contribution in [3.63, 3.8) is 0 Å². The Morgan fingerprint density at radius 2 is 1.70 bits per heavy atom. The van der Waals surface area contributed by atoms with Crippen LogP contribution in [0, 0.1) is 0 Å². The highest BCUT2D eigenvalue weighted by Gasteiger charge is 2.26. The number of nitrogens with zero attached hydrogens (tertiary/aromatic N) is 5. The lowest BCUT2D eigenvalue weighted by Crippen LogP contribution is -2.42. The van der Waals surface area contributed by atoms with Crippen LogP contribution in [-0.2, 0) is 11.3 Å². The minimum Gasteiger partial charge on any atom is -0.461 e. The molecular formula is C32H29N9O6. The molecule has 4 N–H and O–H groups in total. The van der Waals surface area contributed by atoms with Gasteiger partial charge in [0.15, 0.2) is 17.0 Å². The monoisotopic (exact) mass is 635 g/mol. The number of H-pyrrole nitrogens is 3. The standard InChI is InChI=1S/C32H29N9O6/c1-4-47-29(43)25-24-26(41(38-25)22-10-7-9-19(16-22)27-35-30(44)37-36-27)28(42)40(32(46)34-24)31(45)33-21-14-12-18(13-15-21)23-11-6-5-8-20(23)17-39(2)3/h5-16H,4,17H2,1-3H3,(H,33,45)(H,34,46)(H2,35,36,37,44). The minimum absolute atomic E-state index is 0.0128. The van der Waals surface area contributed by atoms with Crippen molar-refractivity contribution in [2.24, 2.45) is 0 Å². The number of amides is 1. The van der Waals surface area contributed by atoms with Crippen LogP contribution in [0.2, 0.25) is 0 Å². The van der Waals surface area contributed by atoms with Gasteiger partial charge in [0.05, 0.1) is 12.3 Å². The van der Waals surface area contributed by atoms with Crippen LogP contribution in [0.5, 0.6) is 0 Å². The van der Waals surface area contributed by atoms with Gasteiger partial charge in [-0.15, -0.1) is 0 Å². The Morgan fingerprint density at radius 3 is 2.40 bits per heavy atom. The topological polar surface area (TPSA) is 193 Å². The summed E-state index contributed by atoms with van der Waals surface area (Å²) in [7, 11) is 3.98. The van der Waals surface area contributed by atoms with Crippen LogP contribution in [0.3, 0.4) is 0 Å². The first kappa shape index (κ1) is 30.7. The molecule has 0 unspecified atom stereocenters. The molecule has 0 bridgehead atoms. The average Bonchev–Trinajstić information content (AvgIpc) is 3.66. The molecule has 15 heteroatoms. The number of carbonyl (C=O) groups excluding carboxylic acids is 2. The molecule has 0 atom stereocenters. The molecule has 0 aliphatic carbocycles. The smallest absolute Gasteiger partial charge is 0.361 e. The first-order valence-electron chi connectivity index (χ1n) is 14.5. The Kier molecular flexibility index (Phi) is 8.20. The molecule has 0 spiro atoms. The number of fused-ring (bicyclic) bond motifs is 1. The highest BCUT2D eigenvalue weighted by Crippen LogP contribution is 2.26. The van der Waals surface area contributed by atoms with E-state index in [4.69, 9.17) is 4.74 Å². The molecule has 0 aliphatic heterocycles. The zero-order chi connectivity index (χ0) is 33.2. The molecule has 6 rings (SSSR count). The van der Waals surface area contributed by atoms with Crippen molar-refractivity contribution in [3.8, 4) is 28.2 Å². The van der Waals surface area contributed by atoms with Crippen molar-refractivity contribution in [3.05, 3.63) is 115 Å². The van der Waals surface area contributed by atoms with E-state index in [-0.39, 0.29) is 34.8 Å². The van der Waals surface area contributed by atoms with E-state index < -0.39 is 28.9 Å². The summed E-state index contributed by atoms with van der Waals surface area (Å²) in [5.41, 5.74) is 0.732. The lowest BCUT2D eigenvalue weighted by Gasteiger charge is -2.15. The molecule has 3 aromatic carbocycles. The Morgan fingerprint density at radius 1 is 0.936 bits per heavy atom. The number of hydrogen-bond donors (Lipinski definition) is 4. The lowest BCUT2D eigenvalue weighted by molar-refractivity contribution is 0.0521. The van der Waals surface area contributed by atoms with Gasteiger partial charge in [-0.25, -0.2) is 29.0 Å². The largest absolute Gasteiger partial charge is 0.461 e. The van der Waals surface area contributed by atoms with Crippen molar-refractivity contribution in [2.45, 2.75) is 13.5 Å². The predicted molar refractivity (Wildman–Crippen MR) is 174 cm³/mol. The van der Waals surface area contributed by atoms with Crippen LogP contribution < -0.4 is 22.3 Å². The van der Waals surface area contributed by atoms with Gasteiger partial charge in [0.25, 0.3) is 5.56 Å². The first-order chi connectivity index (χ1) is 22.6. The molecular weight excluding hydrogens is 606 g/mol. The molecule has 0 fully saturated rings. The summed E-state index contributed by atoms with van der Waals surface area (Å²) in [6.45, 7) is 2.35. The molecule has 15 nitrogen and oxygen atoms in total. The fourth-order valence-electron chi connectivity index (χ4n) is 5.19. The maximum atomic E-state index is 13.9. The van der Waals surface area contributed by atoms with Gasteiger partial charge in [-0.2, -0.15) is 14.8 Å². The summed E-state index contributed by atoms with van der Waals surface area (Å²) in [4.78, 5) is 72.0. The molecule has 0 saturated carbocycles. The zero-order valence-corrected chi connectivity index (χ0v) is 25.5. The number of esters is 1. The van der Waals surface area contributed by atoms with Crippen molar-refractivity contribution >= 4 is 28.7 Å². The number of nitrogens with one attached hydrogen (secondary N) is 4. The molecule has 0 aliphatic rings. The van der Waals surface area contributed by atoms with Crippen molar-refractivity contribution in [2.75, 3.05) is 26.0 Å². The van der Waals surface area contributed by atoms with Gasteiger partial charge in [-0.1, -0.05) is 48.5 Å². The number of rotatable bonds is 8. The van der Waals surface area contributed by atoms with Crippen LogP contribution in [0.15, 0.2) is 87.2 Å². The first-order valence-corrected chi connectivity index (χ1v) is 14.5. The van der Waals surface area contributed by atoms with E-state index in [1.807, 2.05) is 50.5 Å². The summed E-state index contributed by atoms with van der Waals surface area (Å²) >= 11 is 0. The van der Waals surface area contributed by atoms with E-state index in [0.717, 1.165) is 27.9 Å². The second-order valence-corrected chi connectivity index (χ2v) is 10.8. The SMILES string of the molecule is CCOC(=O)c1nn(-c2cccc(-c3n[nH]c(=O)[nH]3)c2)c2c(=O)n(C(=O)Nc3ccc(-c4ccccc4CN(C)C)cc3)c(=O)[nH]c12. The van der Waals surface area contributed by atoms with Gasteiger partial charge in [-0.05, 0) is 62.0 Å². The normalized spacial score (nSPS) is 11.2. The van der Waals surface area contributed by atoms with E-state index in [1.165, 1.54) is 0 Å². The molecule has 3 aromatic heterocycles. The van der Waals surface area contributed by atoms with E-state index in [2.05, 4.69) is 35.5 Å². The van der Waals surface area contributed by atoms with Crippen molar-refractivity contribution in [1.82, 2.24) is 39.4 Å². The second kappa shape index (κ2) is 12.6. The fourth-order valence-corrected chi connectivity index (χ4v) is 5.19. The maximum Gasteiger partial charge on any atom is 0.361 e. The van der Waals surface area contributed by atoms with Gasteiger partial charge >= 0.3 is 23.4 Å².